The highest BCUT2D eigenvalue weighted by Gasteiger charge is 2.15. The van der Waals surface area contributed by atoms with E-state index in [9.17, 15) is 4.79 Å². The molecule has 27 heavy (non-hydrogen) atoms. The van der Waals surface area contributed by atoms with E-state index < -0.39 is 0 Å². The number of nitrogens with one attached hydrogen (secondary N) is 1. The van der Waals surface area contributed by atoms with Crippen LogP contribution in [0.3, 0.4) is 0 Å². The number of amides is 1. The van der Waals surface area contributed by atoms with Crippen LogP contribution in [0.4, 0.5) is 0 Å². The van der Waals surface area contributed by atoms with Gasteiger partial charge in [-0.3, -0.25) is 14.4 Å². The molecule has 1 amide bonds. The Morgan fingerprint density at radius 2 is 1.85 bits per heavy atom. The van der Waals surface area contributed by atoms with E-state index in [-0.39, 0.29) is 5.91 Å². The first kappa shape index (κ1) is 18.2. The number of likely N-dealkylation sites (tertiary alicyclic amines) is 1. The number of hydrogen-bond acceptors (Lipinski definition) is 4. The molecule has 0 saturated carbocycles. The molecule has 4 rings (SSSR count). The molecule has 6 heteroatoms. The third-order valence-electron chi connectivity index (χ3n) is 5.25. The van der Waals surface area contributed by atoms with E-state index in [4.69, 9.17) is 0 Å². The third-order valence-corrected chi connectivity index (χ3v) is 6.45. The fourth-order valence-corrected chi connectivity index (χ4v) is 4.76. The molecule has 0 bridgehead atoms. The molecule has 3 aromatic rings. The number of aryl methyl sites for hydroxylation is 2. The molecule has 2 aromatic heterocycles. The van der Waals surface area contributed by atoms with Crippen molar-refractivity contribution in [2.45, 2.75) is 39.3 Å². The molecule has 0 aliphatic carbocycles. The van der Waals surface area contributed by atoms with Crippen LogP contribution < -0.4 is 5.32 Å². The van der Waals surface area contributed by atoms with Gasteiger partial charge in [0.05, 0.1) is 10.6 Å². The van der Waals surface area contributed by atoms with Crippen molar-refractivity contribution >= 4 is 27.5 Å². The fourth-order valence-electron chi connectivity index (χ4n) is 3.72. The van der Waals surface area contributed by atoms with Crippen molar-refractivity contribution < 1.29 is 4.79 Å². The summed E-state index contributed by atoms with van der Waals surface area (Å²) in [6.07, 6.45) is 4.00. The first-order chi connectivity index (χ1) is 13.1. The van der Waals surface area contributed by atoms with E-state index in [1.807, 2.05) is 24.7 Å². The molecule has 0 unspecified atom stereocenters. The Bertz CT molecular complexity index is 901. The molecule has 1 aliphatic rings. The molecule has 142 valence electrons. The van der Waals surface area contributed by atoms with Gasteiger partial charge in [-0.1, -0.05) is 30.7 Å². The lowest BCUT2D eigenvalue weighted by atomic mass is 10.1. The van der Waals surface area contributed by atoms with Crippen LogP contribution in [0, 0.1) is 6.92 Å². The molecular weight excluding hydrogens is 356 g/mol. The smallest absolute Gasteiger partial charge is 0.261 e. The number of fused-ring (bicyclic) bond motifs is 1. The highest BCUT2D eigenvalue weighted by Crippen LogP contribution is 2.27. The van der Waals surface area contributed by atoms with Crippen LogP contribution in [-0.4, -0.2) is 33.7 Å². The Labute approximate surface area is 164 Å². The van der Waals surface area contributed by atoms with Crippen molar-refractivity contribution in [1.82, 2.24) is 20.0 Å². The van der Waals surface area contributed by atoms with Crippen molar-refractivity contribution in [2.75, 3.05) is 13.1 Å². The molecule has 1 N–H and O–H groups in total. The largest absolute Gasteiger partial charge is 0.347 e. The van der Waals surface area contributed by atoms with E-state index >= 15 is 0 Å². The van der Waals surface area contributed by atoms with E-state index in [0.717, 1.165) is 32.9 Å². The number of aromatic nitrogens is 2. The van der Waals surface area contributed by atoms with Gasteiger partial charge in [-0.2, -0.15) is 5.10 Å². The Balaban J connectivity index is 1.34. The zero-order chi connectivity index (χ0) is 18.8. The highest BCUT2D eigenvalue weighted by molar-refractivity contribution is 7.20. The summed E-state index contributed by atoms with van der Waals surface area (Å²) in [7, 11) is 1.92. The first-order valence-electron chi connectivity index (χ1n) is 9.61. The molecular formula is C21H26N4OS. The third kappa shape index (κ3) is 4.06. The average molecular weight is 383 g/mol. The number of hydrogen-bond donors (Lipinski definition) is 1. The lowest BCUT2D eigenvalue weighted by Crippen LogP contribution is -2.29. The summed E-state index contributed by atoms with van der Waals surface area (Å²) in [5.41, 5.74) is 3.44. The summed E-state index contributed by atoms with van der Waals surface area (Å²) in [4.78, 5) is 16.8. The zero-order valence-corrected chi connectivity index (χ0v) is 16.8. The molecule has 3 heterocycles. The van der Waals surface area contributed by atoms with Gasteiger partial charge in [-0.25, -0.2) is 0 Å². The van der Waals surface area contributed by atoms with Crippen molar-refractivity contribution in [2.24, 2.45) is 7.05 Å². The van der Waals surface area contributed by atoms with E-state index in [1.54, 1.807) is 0 Å². The van der Waals surface area contributed by atoms with Gasteiger partial charge in [0.2, 0.25) is 0 Å². The monoisotopic (exact) mass is 382 g/mol. The van der Waals surface area contributed by atoms with Gasteiger partial charge in [0, 0.05) is 25.5 Å². The standard InChI is InChI=1S/C21H26N4OS/c1-15-18-12-19(27-21(18)24(2)23-15)20(26)22-13-16-6-8-17(9-7-16)14-25-10-4-3-5-11-25/h6-9,12H,3-5,10-11,13-14H2,1-2H3,(H,22,26). The second kappa shape index (κ2) is 7.82. The van der Waals surface area contributed by atoms with Crippen molar-refractivity contribution in [3.63, 3.8) is 0 Å². The quantitative estimate of drug-likeness (QED) is 0.729. The van der Waals surface area contributed by atoms with Gasteiger partial charge in [0.25, 0.3) is 5.91 Å². The summed E-state index contributed by atoms with van der Waals surface area (Å²) in [5.74, 6) is -0.0204. The minimum absolute atomic E-state index is 0.0204. The number of thiophene rings is 1. The van der Waals surface area contributed by atoms with Crippen LogP contribution >= 0.6 is 11.3 Å². The number of piperidine rings is 1. The van der Waals surface area contributed by atoms with Crippen LogP contribution in [-0.2, 0) is 20.1 Å². The van der Waals surface area contributed by atoms with Crippen molar-refractivity contribution in [3.8, 4) is 0 Å². The summed E-state index contributed by atoms with van der Waals surface area (Å²) in [6, 6.07) is 10.6. The minimum atomic E-state index is -0.0204. The van der Waals surface area contributed by atoms with Gasteiger partial charge in [0.1, 0.15) is 4.83 Å². The van der Waals surface area contributed by atoms with Gasteiger partial charge in [-0.15, -0.1) is 11.3 Å². The Kier molecular flexibility index (Phi) is 5.27. The summed E-state index contributed by atoms with van der Waals surface area (Å²) >= 11 is 1.49. The van der Waals surface area contributed by atoms with Gasteiger partial charge >= 0.3 is 0 Å². The number of rotatable bonds is 5. The van der Waals surface area contributed by atoms with E-state index in [2.05, 4.69) is 39.6 Å². The van der Waals surface area contributed by atoms with Crippen molar-refractivity contribution in [1.29, 1.82) is 0 Å². The van der Waals surface area contributed by atoms with Crippen molar-refractivity contribution in [3.05, 3.63) is 52.0 Å². The average Bonchev–Trinajstić information content (AvgIpc) is 3.23. The molecule has 0 radical (unpaired) electrons. The Morgan fingerprint density at radius 3 is 2.56 bits per heavy atom. The molecule has 1 fully saturated rings. The van der Waals surface area contributed by atoms with Crippen LogP contribution in [0.2, 0.25) is 0 Å². The lowest BCUT2D eigenvalue weighted by Gasteiger charge is -2.26. The SMILES string of the molecule is Cc1nn(C)c2sc(C(=O)NCc3ccc(CN4CCCCC4)cc3)cc12. The molecule has 1 saturated heterocycles. The number of benzene rings is 1. The number of nitrogens with zero attached hydrogens (tertiary/aromatic N) is 3. The molecule has 0 atom stereocenters. The Hall–Kier alpha value is -2.18. The van der Waals surface area contributed by atoms with Crippen LogP contribution in [0.15, 0.2) is 30.3 Å². The maximum Gasteiger partial charge on any atom is 0.261 e. The fraction of sp³-hybridized carbons (Fsp3) is 0.429. The lowest BCUT2D eigenvalue weighted by molar-refractivity contribution is 0.0955. The molecule has 5 nitrogen and oxygen atoms in total. The normalized spacial score (nSPS) is 15.3. The van der Waals surface area contributed by atoms with Gasteiger partial charge in [-0.05, 0) is 50.0 Å². The van der Waals surface area contributed by atoms with Gasteiger partial charge in [0.15, 0.2) is 0 Å². The maximum absolute atomic E-state index is 12.5. The van der Waals surface area contributed by atoms with E-state index in [1.165, 1.54) is 49.3 Å². The zero-order valence-electron chi connectivity index (χ0n) is 16.0. The number of carbonyl (C=O) groups is 1. The van der Waals surface area contributed by atoms with Crippen LogP contribution in [0.25, 0.3) is 10.2 Å². The van der Waals surface area contributed by atoms with E-state index in [0.29, 0.717) is 6.54 Å². The first-order valence-corrected chi connectivity index (χ1v) is 10.4. The maximum atomic E-state index is 12.5. The summed E-state index contributed by atoms with van der Waals surface area (Å²) in [6.45, 7) is 5.97. The summed E-state index contributed by atoms with van der Waals surface area (Å²) in [5, 5.41) is 8.49. The molecule has 1 aromatic carbocycles. The topological polar surface area (TPSA) is 50.2 Å². The second-order valence-corrected chi connectivity index (χ2v) is 8.41. The predicted octanol–water partition coefficient (Wildman–Crippen LogP) is 3.86. The minimum Gasteiger partial charge on any atom is -0.347 e. The Morgan fingerprint density at radius 1 is 1.15 bits per heavy atom. The van der Waals surface area contributed by atoms with Gasteiger partial charge < -0.3 is 5.32 Å². The molecule has 1 aliphatic heterocycles. The highest BCUT2D eigenvalue weighted by atomic mass is 32.1. The van der Waals surface area contributed by atoms with Crippen LogP contribution in [0.5, 0.6) is 0 Å². The summed E-state index contributed by atoms with van der Waals surface area (Å²) < 4.78 is 1.84. The number of carbonyl (C=O) groups excluding carboxylic acids is 1. The molecule has 0 spiro atoms. The second-order valence-electron chi connectivity index (χ2n) is 7.37. The van der Waals surface area contributed by atoms with Crippen LogP contribution in [0.1, 0.15) is 45.8 Å². The predicted molar refractivity (Wildman–Crippen MR) is 110 cm³/mol.